The van der Waals surface area contributed by atoms with Gasteiger partial charge in [0.15, 0.2) is 0 Å². The molecule has 4 N–H and O–H groups in total. The molecule has 7 atom stereocenters. The molecule has 0 radical (unpaired) electrons. The van der Waals surface area contributed by atoms with E-state index < -0.39 is 66.4 Å². The van der Waals surface area contributed by atoms with E-state index in [-0.39, 0.29) is 18.2 Å². The highest BCUT2D eigenvalue weighted by Gasteiger charge is 2.46. The van der Waals surface area contributed by atoms with Crippen LogP contribution in [0.25, 0.3) is 0 Å². The Bertz CT molecular complexity index is 1580. The number of nitrogens with one attached hydrogen (secondary N) is 1. The van der Waals surface area contributed by atoms with E-state index in [4.69, 9.17) is 18.7 Å². The average molecular weight is 717 g/mol. The number of carbonyl (C=O) groups excluding carboxylic acids is 2. The second-order valence-electron chi connectivity index (χ2n) is 10.6. The Morgan fingerprint density at radius 1 is 0.936 bits per heavy atom. The summed E-state index contributed by atoms with van der Waals surface area (Å²) >= 11 is 0. The predicted octanol–water partition coefficient (Wildman–Crippen LogP) is 3.16. The van der Waals surface area contributed by atoms with Crippen molar-refractivity contribution in [3.63, 3.8) is 0 Å². The van der Waals surface area contributed by atoms with Crippen LogP contribution in [-0.2, 0) is 47.2 Å². The van der Waals surface area contributed by atoms with Crippen molar-refractivity contribution in [2.24, 2.45) is 0 Å². The smallest absolute Gasteiger partial charge is 0.456 e. The van der Waals surface area contributed by atoms with E-state index in [1.165, 1.54) is 35.4 Å². The second-order valence-corrected chi connectivity index (χ2v) is 15.7. The molecule has 20 heteroatoms. The van der Waals surface area contributed by atoms with Gasteiger partial charge in [-0.25, -0.2) is 23.0 Å². The number of esters is 1. The zero-order chi connectivity index (χ0) is 33.7. The fourth-order valence-electron chi connectivity index (χ4n) is 5.05. The lowest BCUT2D eigenvalue weighted by Gasteiger charge is -2.38. The lowest BCUT2D eigenvalue weighted by atomic mass is 10.1. The van der Waals surface area contributed by atoms with Gasteiger partial charge in [-0.15, -0.1) is 0 Å². The molecule has 0 spiro atoms. The zero-order valence-corrected chi connectivity index (χ0v) is 27.4. The predicted molar refractivity (Wildman–Crippen MR) is 162 cm³/mol. The van der Waals surface area contributed by atoms with Gasteiger partial charge >= 0.3 is 35.2 Å². The van der Waals surface area contributed by atoms with Gasteiger partial charge in [-0.1, -0.05) is 48.5 Å². The quantitative estimate of drug-likeness (QED) is 0.173. The third-order valence-corrected chi connectivity index (χ3v) is 11.9. The molecule has 3 aliphatic rings. The van der Waals surface area contributed by atoms with Crippen molar-refractivity contribution in [1.82, 2.24) is 15.1 Å². The van der Waals surface area contributed by atoms with Crippen molar-refractivity contribution in [2.75, 3.05) is 32.9 Å². The molecule has 2 aromatic carbocycles. The number of hydrogen-bond donors (Lipinski definition) is 4. The normalized spacial score (nSPS) is 27.3. The molecule has 17 nitrogen and oxygen atoms in total. The molecule has 2 aromatic rings. The van der Waals surface area contributed by atoms with Crippen LogP contribution in [0.5, 0.6) is 0 Å². The van der Waals surface area contributed by atoms with Gasteiger partial charge in [-0.2, -0.15) is 4.31 Å². The minimum Gasteiger partial charge on any atom is -0.456 e. The largest absolute Gasteiger partial charge is 0.488 e. The summed E-state index contributed by atoms with van der Waals surface area (Å²) in [4.78, 5) is 59.5. The molecular formula is C27H34N3O14P3. The summed E-state index contributed by atoms with van der Waals surface area (Å²) < 4.78 is 67.9. The van der Waals surface area contributed by atoms with Crippen LogP contribution in [0.15, 0.2) is 72.9 Å². The van der Waals surface area contributed by atoms with Crippen LogP contribution in [0, 0.1) is 0 Å². The van der Waals surface area contributed by atoms with Crippen LogP contribution in [0.3, 0.4) is 0 Å². The number of hydrogen-bond acceptors (Lipinski definition) is 12. The monoisotopic (exact) mass is 717 g/mol. The number of benzene rings is 2. The van der Waals surface area contributed by atoms with E-state index in [9.17, 15) is 38.0 Å². The van der Waals surface area contributed by atoms with E-state index in [0.29, 0.717) is 31.9 Å². The molecule has 256 valence electrons. The van der Waals surface area contributed by atoms with Crippen molar-refractivity contribution in [3.05, 3.63) is 84.1 Å². The zero-order valence-electron chi connectivity index (χ0n) is 24.8. The van der Waals surface area contributed by atoms with Gasteiger partial charge in [0.25, 0.3) is 0 Å². The number of rotatable bonds is 13. The molecule has 2 amide bonds. The van der Waals surface area contributed by atoms with Crippen molar-refractivity contribution in [3.8, 4) is 0 Å². The Morgan fingerprint density at radius 3 is 2.26 bits per heavy atom. The number of carbonyl (C=O) groups is 2. The van der Waals surface area contributed by atoms with Crippen LogP contribution in [0.2, 0.25) is 0 Å². The molecule has 2 saturated heterocycles. The highest BCUT2D eigenvalue weighted by Crippen LogP contribution is 2.68. The van der Waals surface area contributed by atoms with Gasteiger partial charge in [-0.3, -0.25) is 18.9 Å². The van der Waals surface area contributed by atoms with Crippen molar-refractivity contribution in [1.29, 1.82) is 0 Å². The minimum atomic E-state index is -5.63. The topological polar surface area (TPSA) is 220 Å². The Morgan fingerprint density at radius 2 is 1.60 bits per heavy atom. The van der Waals surface area contributed by atoms with Crippen LogP contribution < -0.4 is 5.32 Å². The van der Waals surface area contributed by atoms with E-state index in [1.54, 1.807) is 42.5 Å². The molecule has 3 aliphatic heterocycles. The lowest BCUT2D eigenvalue weighted by molar-refractivity contribution is -0.0592. The van der Waals surface area contributed by atoms with Crippen molar-refractivity contribution in [2.45, 2.75) is 37.2 Å². The molecule has 5 rings (SSSR count). The third kappa shape index (κ3) is 10.1. The third-order valence-electron chi connectivity index (χ3n) is 7.20. The number of morpholine rings is 1. The van der Waals surface area contributed by atoms with Crippen molar-refractivity contribution < 1.29 is 65.3 Å². The fourth-order valence-corrected chi connectivity index (χ4v) is 9.20. The van der Waals surface area contributed by atoms with E-state index >= 15 is 0 Å². The summed E-state index contributed by atoms with van der Waals surface area (Å²) in [5.41, 5.74) is 0.498. The van der Waals surface area contributed by atoms with Crippen LogP contribution in [0.4, 0.5) is 4.79 Å². The standard InChI is InChI=1S/C27H34N3O14P3/c31-26(21-9-5-2-6-10-21)42-22-17-25(30-12-11-24(28-27(30)32)29-13-15-39-16-14-29)41-23(22)18-40-46(35,36)44-47(37,38)43-45(33,34)19-20-7-3-1-4-8-20/h1-12,22-25H,13-19H2,(H,28,32)(H,33,34)(H,35,36)(H,37,38)/t22?,23-,24?,25-/m1/s1. The fraction of sp³-hybridized carbons (Fsp3) is 0.407. The Hall–Kier alpha value is -2.75. The molecule has 0 aromatic heterocycles. The SMILES string of the molecule is O=C(OC1C[C@H](N2C=CC(N3CCOCC3)NC2=O)O[C@@H]1COP(=O)(O)OP(=O)(O)OP(=O)(O)Cc1ccccc1)c1ccccc1. The molecule has 3 heterocycles. The number of phosphoric ester groups is 1. The first-order valence-electron chi connectivity index (χ1n) is 14.4. The molecule has 0 saturated carbocycles. The van der Waals surface area contributed by atoms with Gasteiger partial charge in [0, 0.05) is 25.7 Å². The van der Waals surface area contributed by atoms with Gasteiger partial charge < -0.3 is 34.2 Å². The summed E-state index contributed by atoms with van der Waals surface area (Å²) in [5.74, 6) is -0.746. The number of phosphoric acid groups is 2. The van der Waals surface area contributed by atoms with Gasteiger partial charge in [-0.05, 0) is 23.8 Å². The number of amides is 2. The first kappa shape index (κ1) is 35.6. The Balaban J connectivity index is 1.24. The summed E-state index contributed by atoms with van der Waals surface area (Å²) in [6.07, 6.45) is -1.27. The van der Waals surface area contributed by atoms with E-state index in [0.717, 1.165) is 0 Å². The number of nitrogens with zero attached hydrogens (tertiary/aromatic N) is 2. The van der Waals surface area contributed by atoms with E-state index in [2.05, 4.69) is 13.9 Å². The molecule has 0 aliphatic carbocycles. The lowest BCUT2D eigenvalue weighted by Crippen LogP contribution is -2.57. The molecule has 5 unspecified atom stereocenters. The molecule has 2 fully saturated rings. The highest BCUT2D eigenvalue weighted by atomic mass is 31.3. The van der Waals surface area contributed by atoms with Crippen LogP contribution >= 0.6 is 23.2 Å². The summed E-state index contributed by atoms with van der Waals surface area (Å²) in [6.45, 7) is 1.45. The number of urea groups is 1. The number of ether oxygens (including phenoxy) is 3. The first-order valence-corrected chi connectivity index (χ1v) is 19.1. The van der Waals surface area contributed by atoms with Crippen molar-refractivity contribution >= 4 is 35.2 Å². The Labute approximate surface area is 269 Å². The summed E-state index contributed by atoms with van der Waals surface area (Å²) in [5, 5.41) is 2.86. The van der Waals surface area contributed by atoms with Crippen LogP contribution in [0.1, 0.15) is 22.3 Å². The maximum Gasteiger partial charge on any atom is 0.488 e. The summed E-state index contributed by atoms with van der Waals surface area (Å²) in [6, 6.07) is 15.2. The maximum atomic E-state index is 13.1. The van der Waals surface area contributed by atoms with Gasteiger partial charge in [0.2, 0.25) is 0 Å². The van der Waals surface area contributed by atoms with Gasteiger partial charge in [0.1, 0.15) is 24.6 Å². The summed E-state index contributed by atoms with van der Waals surface area (Å²) in [7, 11) is -15.9. The highest BCUT2D eigenvalue weighted by molar-refractivity contribution is 7.68. The van der Waals surface area contributed by atoms with E-state index in [1.807, 2.05) is 4.90 Å². The Kier molecular flexibility index (Phi) is 11.5. The molecular weight excluding hydrogens is 683 g/mol. The van der Waals surface area contributed by atoms with Crippen LogP contribution in [-0.4, -0.2) is 94.0 Å². The molecule has 47 heavy (non-hydrogen) atoms. The second kappa shape index (κ2) is 15.2. The molecule has 0 bridgehead atoms. The average Bonchev–Trinajstić information content (AvgIpc) is 3.42. The van der Waals surface area contributed by atoms with Gasteiger partial charge in [0.05, 0.1) is 31.5 Å². The maximum absolute atomic E-state index is 13.1. The first-order chi connectivity index (χ1) is 22.3. The minimum absolute atomic E-state index is 0.0715.